The average molecular weight is 610 g/mol. The zero-order valence-electron chi connectivity index (χ0n) is 18.0. The summed E-state index contributed by atoms with van der Waals surface area (Å²) in [6, 6.07) is 3.56. The van der Waals surface area contributed by atoms with Crippen LogP contribution in [-0.4, -0.2) is 67.5 Å². The summed E-state index contributed by atoms with van der Waals surface area (Å²) < 4.78 is 10.3. The second-order valence-electron chi connectivity index (χ2n) is 8.74. The molecule has 0 spiro atoms. The van der Waals surface area contributed by atoms with Gasteiger partial charge < -0.3 is 40.1 Å². The van der Waals surface area contributed by atoms with E-state index in [4.69, 9.17) is 19.7 Å². The molecule has 0 aromatic heterocycles. The van der Waals surface area contributed by atoms with Gasteiger partial charge in [-0.1, -0.05) is 13.8 Å². The molecule has 3 rings (SSSR count). The molecule has 2 heterocycles. The Morgan fingerprint density at radius 2 is 1.81 bits per heavy atom. The summed E-state index contributed by atoms with van der Waals surface area (Å²) in [6.07, 6.45) is 2.06. The van der Waals surface area contributed by atoms with Crippen molar-refractivity contribution in [1.29, 1.82) is 0 Å². The Bertz CT molecular complexity index is 755. The Hall–Kier alpha value is -0.772. The number of rotatable bonds is 7. The van der Waals surface area contributed by atoms with E-state index >= 15 is 0 Å². The van der Waals surface area contributed by atoms with E-state index < -0.39 is 18.1 Å². The van der Waals surface area contributed by atoms with Crippen molar-refractivity contribution in [3.8, 4) is 11.5 Å². The van der Waals surface area contributed by atoms with Gasteiger partial charge >= 0.3 is 5.97 Å². The first kappa shape index (κ1) is 26.5. The molecule has 0 bridgehead atoms. The van der Waals surface area contributed by atoms with Gasteiger partial charge in [-0.3, -0.25) is 4.90 Å². The van der Waals surface area contributed by atoms with Gasteiger partial charge in [0.2, 0.25) is 0 Å². The molecule has 0 amide bonds. The Kier molecular flexibility index (Phi) is 8.55. The molecule has 1 aromatic rings. The van der Waals surface area contributed by atoms with Crippen molar-refractivity contribution in [2.45, 2.75) is 57.3 Å². The fourth-order valence-corrected chi connectivity index (χ4v) is 4.60. The smallest absolute Gasteiger partial charge is 0.352 e. The molecule has 9 nitrogen and oxygen atoms in total. The summed E-state index contributed by atoms with van der Waals surface area (Å²) in [5.41, 5.74) is 2.01. The van der Waals surface area contributed by atoms with Crippen LogP contribution in [0.5, 0.6) is 11.5 Å². The molecule has 2 unspecified atom stereocenters. The first-order chi connectivity index (χ1) is 14.0. The van der Waals surface area contributed by atoms with Crippen LogP contribution in [0, 0.1) is 18.1 Å². The Balaban J connectivity index is 0.00000341. The van der Waals surface area contributed by atoms with Gasteiger partial charge in [0, 0.05) is 40.2 Å². The largest absolute Gasteiger partial charge is 0.530 e. The molecule has 0 aliphatic carbocycles. The quantitative estimate of drug-likeness (QED) is 0.197. The summed E-state index contributed by atoms with van der Waals surface area (Å²) in [5.74, 6) is -6.18. The fraction of sp³-hybridized carbons (Fsp3) is 0.667. The van der Waals surface area contributed by atoms with Gasteiger partial charge in [0.15, 0.2) is 17.3 Å². The monoisotopic (exact) mass is 610 g/mol. The molecule has 176 valence electrons. The van der Waals surface area contributed by atoms with Gasteiger partial charge in [-0.15, -0.1) is 0 Å². The first-order valence-electron chi connectivity index (χ1n) is 10.2. The minimum atomic E-state index is -3.82. The molecule has 2 aliphatic heterocycles. The van der Waals surface area contributed by atoms with Crippen molar-refractivity contribution in [2.75, 3.05) is 20.2 Å². The predicted molar refractivity (Wildman–Crippen MR) is 105 cm³/mol. The van der Waals surface area contributed by atoms with E-state index in [-0.39, 0.29) is 38.6 Å². The van der Waals surface area contributed by atoms with Crippen LogP contribution in [0.25, 0.3) is 0 Å². The topological polar surface area (TPSA) is 143 Å². The minimum absolute atomic E-state index is 0. The molecule has 31 heavy (non-hydrogen) atoms. The molecule has 0 radical (unpaired) electrons. The Labute approximate surface area is 196 Å². The third-order valence-electron chi connectivity index (χ3n) is 6.06. The molecule has 6 N–H and O–H groups in total. The zero-order valence-corrected chi connectivity index (χ0v) is 20.9. The van der Waals surface area contributed by atoms with Crippen LogP contribution in [0.2, 0.25) is 0 Å². The molecule has 2 atom stereocenters. The van der Waals surface area contributed by atoms with Crippen molar-refractivity contribution in [3.05, 3.63) is 29.5 Å². The summed E-state index contributed by atoms with van der Waals surface area (Å²) in [4.78, 5) is 2.48. The number of fused-ring (bicyclic) bond motifs is 3. The maximum absolute atomic E-state index is 9.91. The van der Waals surface area contributed by atoms with E-state index in [9.17, 15) is 20.4 Å². The molecule has 1 aromatic carbocycles. The summed E-state index contributed by atoms with van der Waals surface area (Å²) in [7, 11) is 1.38. The number of piperidine rings is 1. The van der Waals surface area contributed by atoms with Crippen LogP contribution in [-0.2, 0) is 27.5 Å². The number of hydrogen-bond donors (Lipinski definition) is 6. The van der Waals surface area contributed by atoms with Crippen molar-refractivity contribution >= 4 is 0 Å². The van der Waals surface area contributed by atoms with E-state index in [1.54, 1.807) is 12.1 Å². The van der Waals surface area contributed by atoms with Gasteiger partial charge in [0.1, 0.15) is 0 Å². The van der Waals surface area contributed by atoms with Crippen LogP contribution in [0.4, 0.5) is 0 Å². The normalized spacial score (nSPS) is 22.0. The standard InChI is InChI=1S/C21H32NO8.W/c1-12(2)8-13-4-5-16-15-10-17(29-3)18(9-14(15)6-7-22(16)11-13)30-21(27,28)20(25,26)19(23)24;/h9-10,12-13,16,23-28H,4-8,11H2,1-3H3;/q-1;. The van der Waals surface area contributed by atoms with Gasteiger partial charge in [-0.05, 0) is 67.1 Å². The number of aliphatic hydroxyl groups is 6. The third-order valence-corrected chi connectivity index (χ3v) is 6.06. The summed E-state index contributed by atoms with van der Waals surface area (Å²) in [6.45, 7) is 6.39. The molecule has 0 saturated carbocycles. The van der Waals surface area contributed by atoms with Gasteiger partial charge in [-0.25, -0.2) is 0 Å². The molecular formula is C21H32NO8W-. The first-order valence-corrected chi connectivity index (χ1v) is 10.2. The minimum Gasteiger partial charge on any atom is -0.530 e. The third kappa shape index (κ3) is 5.42. The Morgan fingerprint density at radius 3 is 2.39 bits per heavy atom. The van der Waals surface area contributed by atoms with Crippen molar-refractivity contribution in [2.24, 2.45) is 11.8 Å². The number of aliphatic hydroxyl groups excluding tert-OH is 1. The molecule has 2 aliphatic rings. The van der Waals surface area contributed by atoms with Crippen LogP contribution < -0.4 is 9.47 Å². The summed E-state index contributed by atoms with van der Waals surface area (Å²) >= 11 is 0. The number of hydrogen-bond acceptors (Lipinski definition) is 9. The second-order valence-corrected chi connectivity index (χ2v) is 8.74. The summed E-state index contributed by atoms with van der Waals surface area (Å²) in [5, 5.41) is 56.9. The van der Waals surface area contributed by atoms with Crippen LogP contribution in [0.1, 0.15) is 50.3 Å². The van der Waals surface area contributed by atoms with E-state index in [2.05, 4.69) is 18.7 Å². The molecule has 1 saturated heterocycles. The van der Waals surface area contributed by atoms with E-state index in [1.165, 1.54) is 13.5 Å². The van der Waals surface area contributed by atoms with Crippen molar-refractivity contribution < 1.29 is 61.2 Å². The SMILES string of the molecule is COc1cc2c(cc1OC(O)(O)C(O)(O)[C-](O)O)CCN1CC(CC(C)C)CCC21.[W]. The molecular weight excluding hydrogens is 578 g/mol. The Morgan fingerprint density at radius 1 is 1.13 bits per heavy atom. The molecule has 1 fully saturated rings. The number of ether oxygens (including phenoxy) is 2. The average Bonchev–Trinajstić information content (AvgIpc) is 2.66. The van der Waals surface area contributed by atoms with E-state index in [0.717, 1.165) is 37.1 Å². The van der Waals surface area contributed by atoms with E-state index in [0.29, 0.717) is 18.3 Å². The van der Waals surface area contributed by atoms with Crippen LogP contribution >= 0.6 is 0 Å². The van der Waals surface area contributed by atoms with Crippen LogP contribution in [0.15, 0.2) is 12.1 Å². The second kappa shape index (κ2) is 10.0. The van der Waals surface area contributed by atoms with Gasteiger partial charge in [0.25, 0.3) is 0 Å². The maximum Gasteiger partial charge on any atom is 0.352 e. The fourth-order valence-electron chi connectivity index (χ4n) is 4.60. The van der Waals surface area contributed by atoms with Crippen LogP contribution in [0.3, 0.4) is 0 Å². The van der Waals surface area contributed by atoms with Gasteiger partial charge in [0.05, 0.1) is 7.11 Å². The van der Waals surface area contributed by atoms with E-state index in [1.807, 2.05) is 0 Å². The predicted octanol–water partition coefficient (Wildman–Crippen LogP) is 0.981. The maximum atomic E-state index is 9.91. The number of benzene rings is 1. The van der Waals surface area contributed by atoms with Gasteiger partial charge in [-0.2, -0.15) is 0 Å². The number of nitrogens with zero attached hydrogens (tertiary/aromatic N) is 1. The van der Waals surface area contributed by atoms with Crippen molar-refractivity contribution in [1.82, 2.24) is 4.90 Å². The van der Waals surface area contributed by atoms with Crippen molar-refractivity contribution in [3.63, 3.8) is 0 Å². The number of methoxy groups -OCH3 is 1. The zero-order chi connectivity index (χ0) is 22.3. The molecule has 10 heteroatoms.